The second-order valence-electron chi connectivity index (χ2n) is 7.80. The summed E-state index contributed by atoms with van der Waals surface area (Å²) in [5.41, 5.74) is 1.73. The number of nitrogens with zero attached hydrogens (tertiary/aromatic N) is 3. The van der Waals surface area contributed by atoms with Gasteiger partial charge in [0.1, 0.15) is 0 Å². The van der Waals surface area contributed by atoms with E-state index in [1.165, 1.54) is 0 Å². The number of aliphatic hydroxyl groups excluding tert-OH is 1. The minimum atomic E-state index is -0.530. The smallest absolute Gasteiger partial charge is 0.227 e. The molecule has 1 unspecified atom stereocenters. The largest absolute Gasteiger partial charge is 0.391 e. The van der Waals surface area contributed by atoms with E-state index in [1.54, 1.807) is 11.1 Å². The van der Waals surface area contributed by atoms with Crippen molar-refractivity contribution in [3.8, 4) is 0 Å². The van der Waals surface area contributed by atoms with Gasteiger partial charge in [-0.2, -0.15) is 5.10 Å². The van der Waals surface area contributed by atoms with Crippen molar-refractivity contribution >= 4 is 17.5 Å². The van der Waals surface area contributed by atoms with Crippen molar-refractivity contribution in [2.45, 2.75) is 50.8 Å². The Morgan fingerprint density at radius 3 is 2.93 bits per heavy atom. The molecule has 28 heavy (non-hydrogen) atoms. The quantitative estimate of drug-likeness (QED) is 0.793. The van der Waals surface area contributed by atoms with Gasteiger partial charge in [-0.3, -0.25) is 14.3 Å². The van der Waals surface area contributed by atoms with Gasteiger partial charge in [0.2, 0.25) is 11.8 Å². The first-order chi connectivity index (χ1) is 13.6. The molecule has 3 atom stereocenters. The highest BCUT2D eigenvalue weighted by Crippen LogP contribution is 2.28. The van der Waals surface area contributed by atoms with Crippen molar-refractivity contribution in [2.24, 2.45) is 5.92 Å². The molecule has 2 fully saturated rings. The fourth-order valence-electron chi connectivity index (χ4n) is 4.29. The third-order valence-electron chi connectivity index (χ3n) is 5.64. The zero-order chi connectivity index (χ0) is 19.5. The van der Waals surface area contributed by atoms with E-state index in [-0.39, 0.29) is 24.3 Å². The van der Waals surface area contributed by atoms with Gasteiger partial charge in [0.25, 0.3) is 0 Å². The lowest BCUT2D eigenvalue weighted by atomic mass is 10.1. The van der Waals surface area contributed by atoms with Crippen LogP contribution in [0.2, 0.25) is 0 Å². The highest BCUT2D eigenvalue weighted by Gasteiger charge is 2.34. The number of hydrogen-bond acceptors (Lipinski definition) is 4. The lowest BCUT2D eigenvalue weighted by Crippen LogP contribution is -2.40. The number of amides is 2. The van der Waals surface area contributed by atoms with Gasteiger partial charge in [0.15, 0.2) is 0 Å². The molecule has 1 aliphatic heterocycles. The summed E-state index contributed by atoms with van der Waals surface area (Å²) in [6, 6.07) is 9.26. The molecule has 7 heteroatoms. The van der Waals surface area contributed by atoms with Crippen LogP contribution in [-0.2, 0) is 22.6 Å². The predicted molar refractivity (Wildman–Crippen MR) is 105 cm³/mol. The van der Waals surface area contributed by atoms with Crippen LogP contribution in [0.4, 0.5) is 5.69 Å². The normalized spacial score (nSPS) is 24.7. The van der Waals surface area contributed by atoms with Gasteiger partial charge >= 0.3 is 0 Å². The van der Waals surface area contributed by atoms with Crippen LogP contribution < -0.4 is 10.2 Å². The standard InChI is InChI=1S/C21H26N4O3/c26-19-12-16(14-24-8-3-7-22-24)11-18(19)23-20(27)13-15-4-1-5-17(10-15)25-9-2-6-21(25)28/h1,3-5,7-8,10,16,18-19,26H,2,6,9,11-14H2,(H,23,27)/t16?,18-,19-/m1/s1. The maximum atomic E-state index is 12.5. The molecule has 2 N–H and O–H groups in total. The van der Waals surface area contributed by atoms with Crippen molar-refractivity contribution in [2.75, 3.05) is 11.4 Å². The summed E-state index contributed by atoms with van der Waals surface area (Å²) < 4.78 is 1.87. The second kappa shape index (κ2) is 8.14. The summed E-state index contributed by atoms with van der Waals surface area (Å²) in [6.07, 6.45) is 6.24. The molecule has 0 bridgehead atoms. The SMILES string of the molecule is O=C(Cc1cccc(N2CCCC2=O)c1)N[C@@H]1CC(Cn2cccn2)C[C@H]1O. The number of carbonyl (C=O) groups excluding carboxylic acids is 2. The fraction of sp³-hybridized carbons (Fsp3) is 0.476. The molecule has 148 valence electrons. The molecule has 0 radical (unpaired) electrons. The van der Waals surface area contributed by atoms with E-state index in [2.05, 4.69) is 10.4 Å². The van der Waals surface area contributed by atoms with E-state index in [1.807, 2.05) is 41.2 Å². The maximum Gasteiger partial charge on any atom is 0.227 e. The Bertz CT molecular complexity index is 836. The molecule has 2 amide bonds. The van der Waals surface area contributed by atoms with Crippen LogP contribution in [0.5, 0.6) is 0 Å². The van der Waals surface area contributed by atoms with Gasteiger partial charge in [0, 0.05) is 37.6 Å². The van der Waals surface area contributed by atoms with Crippen LogP contribution in [0.15, 0.2) is 42.7 Å². The second-order valence-corrected chi connectivity index (χ2v) is 7.80. The van der Waals surface area contributed by atoms with Crippen LogP contribution in [0.3, 0.4) is 0 Å². The summed E-state index contributed by atoms with van der Waals surface area (Å²) >= 11 is 0. The third kappa shape index (κ3) is 4.25. The molecule has 1 aromatic heterocycles. The Hall–Kier alpha value is -2.67. The van der Waals surface area contributed by atoms with Crippen LogP contribution in [0.25, 0.3) is 0 Å². The summed E-state index contributed by atoms with van der Waals surface area (Å²) in [5.74, 6) is 0.331. The number of benzene rings is 1. The van der Waals surface area contributed by atoms with E-state index in [4.69, 9.17) is 0 Å². The molecule has 4 rings (SSSR count). The summed E-state index contributed by atoms with van der Waals surface area (Å²) in [6.45, 7) is 1.49. The Morgan fingerprint density at radius 2 is 2.18 bits per heavy atom. The molecule has 7 nitrogen and oxygen atoms in total. The number of nitrogens with one attached hydrogen (secondary N) is 1. The molecule has 1 aliphatic carbocycles. The van der Waals surface area contributed by atoms with E-state index >= 15 is 0 Å². The zero-order valence-electron chi connectivity index (χ0n) is 15.8. The lowest BCUT2D eigenvalue weighted by molar-refractivity contribution is -0.121. The number of aromatic nitrogens is 2. The third-order valence-corrected chi connectivity index (χ3v) is 5.64. The number of carbonyl (C=O) groups is 2. The molecule has 1 saturated carbocycles. The first-order valence-corrected chi connectivity index (χ1v) is 9.92. The Morgan fingerprint density at radius 1 is 1.29 bits per heavy atom. The van der Waals surface area contributed by atoms with Crippen molar-refractivity contribution in [1.82, 2.24) is 15.1 Å². The van der Waals surface area contributed by atoms with Gasteiger partial charge in [-0.25, -0.2) is 0 Å². The lowest BCUT2D eigenvalue weighted by Gasteiger charge is -2.18. The van der Waals surface area contributed by atoms with E-state index in [9.17, 15) is 14.7 Å². The molecular weight excluding hydrogens is 356 g/mol. The summed E-state index contributed by atoms with van der Waals surface area (Å²) in [7, 11) is 0. The average molecular weight is 382 g/mol. The number of hydrogen-bond donors (Lipinski definition) is 2. The monoisotopic (exact) mass is 382 g/mol. The van der Waals surface area contributed by atoms with E-state index < -0.39 is 6.10 Å². The van der Waals surface area contributed by atoms with E-state index in [0.717, 1.165) is 37.2 Å². The maximum absolute atomic E-state index is 12.5. The zero-order valence-corrected chi connectivity index (χ0v) is 15.8. The van der Waals surface area contributed by atoms with Gasteiger partial charge in [-0.15, -0.1) is 0 Å². The first-order valence-electron chi connectivity index (χ1n) is 9.92. The van der Waals surface area contributed by atoms with Gasteiger partial charge in [-0.1, -0.05) is 12.1 Å². The molecular formula is C21H26N4O3. The van der Waals surface area contributed by atoms with Crippen molar-refractivity contribution in [3.05, 3.63) is 48.3 Å². The highest BCUT2D eigenvalue weighted by molar-refractivity contribution is 5.95. The Labute approximate surface area is 164 Å². The predicted octanol–water partition coefficient (Wildman–Crippen LogP) is 1.51. The van der Waals surface area contributed by atoms with E-state index in [0.29, 0.717) is 18.8 Å². The molecule has 1 aromatic carbocycles. The van der Waals surface area contributed by atoms with Gasteiger partial charge in [0.05, 0.1) is 18.6 Å². The molecule has 2 aromatic rings. The van der Waals surface area contributed by atoms with Gasteiger partial charge < -0.3 is 15.3 Å². The van der Waals surface area contributed by atoms with Crippen LogP contribution in [0, 0.1) is 5.92 Å². The Balaban J connectivity index is 1.32. The number of aliphatic hydroxyl groups is 1. The van der Waals surface area contributed by atoms with Crippen molar-refractivity contribution < 1.29 is 14.7 Å². The average Bonchev–Trinajstić information content (AvgIpc) is 3.39. The van der Waals surface area contributed by atoms with Gasteiger partial charge in [-0.05, 0) is 48.9 Å². The molecule has 2 aliphatic rings. The number of rotatable bonds is 6. The molecule has 2 heterocycles. The van der Waals surface area contributed by atoms with Crippen LogP contribution in [-0.4, -0.2) is 45.4 Å². The number of anilines is 1. The van der Waals surface area contributed by atoms with Crippen LogP contribution >= 0.6 is 0 Å². The van der Waals surface area contributed by atoms with Crippen molar-refractivity contribution in [3.63, 3.8) is 0 Å². The minimum absolute atomic E-state index is 0.103. The molecule has 0 spiro atoms. The summed E-state index contributed by atoms with van der Waals surface area (Å²) in [5, 5.41) is 17.5. The first kappa shape index (κ1) is 18.7. The topological polar surface area (TPSA) is 87.5 Å². The van der Waals surface area contributed by atoms with Crippen LogP contribution in [0.1, 0.15) is 31.2 Å². The highest BCUT2D eigenvalue weighted by atomic mass is 16.3. The van der Waals surface area contributed by atoms with Crippen molar-refractivity contribution in [1.29, 1.82) is 0 Å². The minimum Gasteiger partial charge on any atom is -0.391 e. The fourth-order valence-corrected chi connectivity index (χ4v) is 4.29. The Kier molecular flexibility index (Phi) is 5.43. The summed E-state index contributed by atoms with van der Waals surface area (Å²) in [4.78, 5) is 26.2. The molecule has 1 saturated heterocycles.